The summed E-state index contributed by atoms with van der Waals surface area (Å²) in [6.07, 6.45) is 3.87. The Morgan fingerprint density at radius 1 is 1.02 bits per heavy atom. The van der Waals surface area contributed by atoms with Crippen LogP contribution in [-0.4, -0.2) is 74.5 Å². The van der Waals surface area contributed by atoms with E-state index in [4.69, 9.17) is 19.9 Å². The molecule has 1 saturated heterocycles. The van der Waals surface area contributed by atoms with Crippen LogP contribution >= 0.6 is 0 Å². The summed E-state index contributed by atoms with van der Waals surface area (Å²) < 4.78 is 16.9. The van der Waals surface area contributed by atoms with Gasteiger partial charge < -0.3 is 35.5 Å². The molecule has 4 rings (SSSR count). The standard InChI is InChI=1S/C24H38N6O2.C9H12O/c1-4-5-9-27-23-21(18(2)28-24(25)29-23)16-19-7-8-20(17-22(19)31-3)32-15-6-12-30-13-10-26-11-14-30;1-2-10-8-9-6-4-3-5-7-9/h7-8,17,26H,4-6,9-16H2,1-3H3,(H3,25,27,28,29);3-7H,2,8H2,1H3. The lowest BCUT2D eigenvalue weighted by Crippen LogP contribution is -2.43. The smallest absolute Gasteiger partial charge is 0.222 e. The van der Waals surface area contributed by atoms with Crippen molar-refractivity contribution < 1.29 is 14.2 Å². The molecule has 42 heavy (non-hydrogen) atoms. The first-order chi connectivity index (χ1) is 20.5. The number of piperazine rings is 1. The molecule has 0 radical (unpaired) electrons. The van der Waals surface area contributed by atoms with Gasteiger partial charge in [0.15, 0.2) is 0 Å². The Hall–Kier alpha value is -3.40. The molecular weight excluding hydrogens is 528 g/mol. The summed E-state index contributed by atoms with van der Waals surface area (Å²) in [5.41, 5.74) is 10.1. The number of methoxy groups -OCH3 is 1. The Morgan fingerprint density at radius 3 is 2.52 bits per heavy atom. The first kappa shape index (κ1) is 33.1. The molecule has 1 aromatic heterocycles. The summed E-state index contributed by atoms with van der Waals surface area (Å²) >= 11 is 0. The molecule has 0 atom stereocenters. The van der Waals surface area contributed by atoms with Crippen molar-refractivity contribution in [3.05, 3.63) is 70.9 Å². The first-order valence-electron chi connectivity index (χ1n) is 15.2. The number of hydrogen-bond acceptors (Lipinski definition) is 9. The third-order valence-electron chi connectivity index (χ3n) is 7.09. The summed E-state index contributed by atoms with van der Waals surface area (Å²) in [5, 5.41) is 6.81. The Balaban J connectivity index is 0.000000408. The van der Waals surface area contributed by atoms with Crippen LogP contribution in [0.2, 0.25) is 0 Å². The monoisotopic (exact) mass is 578 g/mol. The fourth-order valence-electron chi connectivity index (χ4n) is 4.72. The third-order valence-corrected chi connectivity index (χ3v) is 7.09. The van der Waals surface area contributed by atoms with Crippen molar-refractivity contribution in [2.75, 3.05) is 70.6 Å². The summed E-state index contributed by atoms with van der Waals surface area (Å²) in [4.78, 5) is 11.3. The molecule has 0 spiro atoms. The van der Waals surface area contributed by atoms with Crippen LogP contribution in [0.15, 0.2) is 48.5 Å². The van der Waals surface area contributed by atoms with Crippen molar-refractivity contribution in [3.63, 3.8) is 0 Å². The number of hydrogen-bond donors (Lipinski definition) is 3. The second-order valence-electron chi connectivity index (χ2n) is 10.3. The molecule has 0 saturated carbocycles. The van der Waals surface area contributed by atoms with Gasteiger partial charge in [0.1, 0.15) is 17.3 Å². The van der Waals surface area contributed by atoms with Crippen LogP contribution in [-0.2, 0) is 17.8 Å². The fraction of sp³-hybridized carbons (Fsp3) is 0.515. The van der Waals surface area contributed by atoms with E-state index in [1.807, 2.05) is 44.2 Å². The molecule has 230 valence electrons. The summed E-state index contributed by atoms with van der Waals surface area (Å²) in [6.45, 7) is 14.7. The highest BCUT2D eigenvalue weighted by Gasteiger charge is 2.15. The highest BCUT2D eigenvalue weighted by Crippen LogP contribution is 2.30. The second-order valence-corrected chi connectivity index (χ2v) is 10.3. The fourth-order valence-corrected chi connectivity index (χ4v) is 4.72. The molecule has 2 aromatic carbocycles. The summed E-state index contributed by atoms with van der Waals surface area (Å²) in [5.74, 6) is 2.73. The Labute approximate surface area is 252 Å². The molecular formula is C33H50N6O3. The number of nitrogens with one attached hydrogen (secondary N) is 2. The molecule has 9 heteroatoms. The Kier molecular flexibility index (Phi) is 14.9. The number of aryl methyl sites for hydroxylation is 1. The maximum Gasteiger partial charge on any atom is 0.222 e. The molecule has 0 bridgehead atoms. The van der Waals surface area contributed by atoms with Gasteiger partial charge in [-0.3, -0.25) is 0 Å². The number of rotatable bonds is 15. The zero-order chi connectivity index (χ0) is 30.0. The second kappa shape index (κ2) is 18.9. The van der Waals surface area contributed by atoms with Gasteiger partial charge in [0.25, 0.3) is 0 Å². The lowest BCUT2D eigenvalue weighted by Gasteiger charge is -2.27. The van der Waals surface area contributed by atoms with Gasteiger partial charge in [-0.05, 0) is 43.9 Å². The number of anilines is 2. The number of aromatic nitrogens is 2. The third kappa shape index (κ3) is 11.5. The van der Waals surface area contributed by atoms with Gasteiger partial charge in [-0.2, -0.15) is 4.98 Å². The van der Waals surface area contributed by atoms with E-state index < -0.39 is 0 Å². The molecule has 0 aliphatic carbocycles. The molecule has 1 aliphatic heterocycles. The Morgan fingerprint density at radius 2 is 1.81 bits per heavy atom. The highest BCUT2D eigenvalue weighted by molar-refractivity contribution is 5.53. The highest BCUT2D eigenvalue weighted by atomic mass is 16.5. The molecule has 2 heterocycles. The number of nitrogens with zero attached hydrogens (tertiary/aromatic N) is 3. The van der Waals surface area contributed by atoms with Crippen molar-refractivity contribution in [1.82, 2.24) is 20.2 Å². The maximum absolute atomic E-state index is 6.00. The van der Waals surface area contributed by atoms with E-state index in [1.165, 1.54) is 5.56 Å². The topological polar surface area (TPSA) is 107 Å². The minimum absolute atomic E-state index is 0.293. The van der Waals surface area contributed by atoms with E-state index in [9.17, 15) is 0 Å². The summed E-state index contributed by atoms with van der Waals surface area (Å²) in [7, 11) is 1.69. The van der Waals surface area contributed by atoms with Gasteiger partial charge >= 0.3 is 0 Å². The number of benzene rings is 2. The lowest BCUT2D eigenvalue weighted by molar-refractivity contribution is 0.134. The summed E-state index contributed by atoms with van der Waals surface area (Å²) in [6, 6.07) is 16.2. The van der Waals surface area contributed by atoms with Gasteiger partial charge in [-0.15, -0.1) is 0 Å². The van der Waals surface area contributed by atoms with Gasteiger partial charge in [-0.1, -0.05) is 49.7 Å². The van der Waals surface area contributed by atoms with Crippen molar-refractivity contribution in [2.24, 2.45) is 0 Å². The van der Waals surface area contributed by atoms with Crippen LogP contribution in [0.3, 0.4) is 0 Å². The van der Waals surface area contributed by atoms with Crippen LogP contribution < -0.4 is 25.8 Å². The normalized spacial score (nSPS) is 13.2. The van der Waals surface area contributed by atoms with Gasteiger partial charge in [-0.25, -0.2) is 4.98 Å². The Bertz CT molecular complexity index is 1170. The average molecular weight is 579 g/mol. The van der Waals surface area contributed by atoms with Crippen molar-refractivity contribution in [2.45, 2.75) is 53.1 Å². The van der Waals surface area contributed by atoms with Crippen molar-refractivity contribution in [1.29, 1.82) is 0 Å². The largest absolute Gasteiger partial charge is 0.496 e. The van der Waals surface area contributed by atoms with Crippen LogP contribution in [0.1, 0.15) is 55.5 Å². The molecule has 0 amide bonds. The maximum atomic E-state index is 6.00. The average Bonchev–Trinajstić information content (AvgIpc) is 3.01. The molecule has 0 unspecified atom stereocenters. The van der Waals surface area contributed by atoms with E-state index in [2.05, 4.69) is 50.6 Å². The molecule has 1 aliphatic rings. The van der Waals surface area contributed by atoms with Crippen LogP contribution in [0.5, 0.6) is 11.5 Å². The predicted molar refractivity (Wildman–Crippen MR) is 172 cm³/mol. The number of nitrogens with two attached hydrogens (primary N) is 1. The van der Waals surface area contributed by atoms with Crippen LogP contribution in [0, 0.1) is 6.92 Å². The van der Waals surface area contributed by atoms with Crippen molar-refractivity contribution >= 4 is 11.8 Å². The van der Waals surface area contributed by atoms with Crippen molar-refractivity contribution in [3.8, 4) is 11.5 Å². The van der Waals surface area contributed by atoms with E-state index in [0.29, 0.717) is 19.0 Å². The first-order valence-corrected chi connectivity index (χ1v) is 15.2. The number of ether oxygens (including phenoxy) is 3. The van der Waals surface area contributed by atoms with Gasteiger partial charge in [0.05, 0.1) is 20.3 Å². The molecule has 9 nitrogen and oxygen atoms in total. The predicted octanol–water partition coefficient (Wildman–Crippen LogP) is 5.08. The van der Waals surface area contributed by atoms with E-state index in [0.717, 1.165) is 106 Å². The van der Waals surface area contributed by atoms with Crippen LogP contribution in [0.25, 0.3) is 0 Å². The van der Waals surface area contributed by atoms with E-state index >= 15 is 0 Å². The zero-order valence-corrected chi connectivity index (χ0v) is 26.0. The van der Waals surface area contributed by atoms with E-state index in [-0.39, 0.29) is 0 Å². The number of unbranched alkanes of at least 4 members (excludes halogenated alkanes) is 1. The zero-order valence-electron chi connectivity index (χ0n) is 26.0. The lowest BCUT2D eigenvalue weighted by atomic mass is 10.0. The minimum Gasteiger partial charge on any atom is -0.496 e. The van der Waals surface area contributed by atoms with Gasteiger partial charge in [0.2, 0.25) is 5.95 Å². The minimum atomic E-state index is 0.293. The van der Waals surface area contributed by atoms with E-state index in [1.54, 1.807) is 7.11 Å². The SMILES string of the molecule is CCCCNc1nc(N)nc(C)c1Cc1ccc(OCCCN2CCNCC2)cc1OC.CCOCc1ccccc1. The molecule has 4 N–H and O–H groups in total. The van der Waals surface area contributed by atoms with Gasteiger partial charge in [0, 0.05) is 69.6 Å². The van der Waals surface area contributed by atoms with Crippen LogP contribution in [0.4, 0.5) is 11.8 Å². The quantitative estimate of drug-likeness (QED) is 0.213. The molecule has 3 aromatic rings. The molecule has 1 fully saturated rings. The number of nitrogen functional groups attached to an aromatic ring is 1.